The standard InChI is InChI=1S/C28H34NO5PS/c1-2-12-28(29-21-23-13-9-10-14-24(23)22-36(31,32)27-19-11-20-27)35(30,33-25-15-5-3-6-16-25)34-26-17-7-4-8-18-26/h3-10,13-18,27-29H,2,11-12,19-22H2,1H3. The largest absolute Gasteiger partial charge is 0.447 e. The first kappa shape index (κ1) is 26.5. The Balaban J connectivity index is 1.57. The molecule has 0 aliphatic heterocycles. The molecule has 1 atom stereocenters. The van der Waals surface area contributed by atoms with Gasteiger partial charge in [0.05, 0.1) is 11.0 Å². The van der Waals surface area contributed by atoms with Crippen molar-refractivity contribution in [1.29, 1.82) is 0 Å². The average Bonchev–Trinajstić information content (AvgIpc) is 2.82. The lowest BCUT2D eigenvalue weighted by Crippen LogP contribution is -2.33. The second-order valence-electron chi connectivity index (χ2n) is 9.16. The Labute approximate surface area is 214 Å². The number of rotatable bonds is 13. The van der Waals surface area contributed by atoms with Crippen molar-refractivity contribution in [3.63, 3.8) is 0 Å². The molecule has 3 aromatic carbocycles. The number of hydrogen-bond donors (Lipinski definition) is 1. The molecule has 0 radical (unpaired) electrons. The maximum Gasteiger partial charge on any atom is 0.447 e. The van der Waals surface area contributed by atoms with E-state index in [-0.39, 0.29) is 11.0 Å². The molecular weight excluding hydrogens is 493 g/mol. The number of nitrogens with one attached hydrogen (secondary N) is 1. The lowest BCUT2D eigenvalue weighted by molar-refractivity contribution is 0.353. The van der Waals surface area contributed by atoms with Gasteiger partial charge in [-0.3, -0.25) is 5.32 Å². The first-order valence-corrected chi connectivity index (χ1v) is 15.8. The van der Waals surface area contributed by atoms with Crippen LogP contribution in [0.15, 0.2) is 84.9 Å². The van der Waals surface area contributed by atoms with Gasteiger partial charge in [-0.15, -0.1) is 0 Å². The maximum atomic E-state index is 14.3. The van der Waals surface area contributed by atoms with Gasteiger partial charge < -0.3 is 9.05 Å². The quantitative estimate of drug-likeness (QED) is 0.249. The summed E-state index contributed by atoms with van der Waals surface area (Å²) in [5.74, 6) is 0.352. The lowest BCUT2D eigenvalue weighted by atomic mass is 10.00. The predicted molar refractivity (Wildman–Crippen MR) is 144 cm³/mol. The number of sulfone groups is 1. The summed E-state index contributed by atoms with van der Waals surface area (Å²) in [5.41, 5.74) is 1.64. The minimum Gasteiger partial charge on any atom is -0.415 e. The third kappa shape index (κ3) is 6.78. The fourth-order valence-corrected chi connectivity index (χ4v) is 8.23. The van der Waals surface area contributed by atoms with Gasteiger partial charge in [-0.1, -0.05) is 80.4 Å². The van der Waals surface area contributed by atoms with E-state index >= 15 is 0 Å². The van der Waals surface area contributed by atoms with E-state index in [1.807, 2.05) is 67.6 Å². The fraction of sp³-hybridized carbons (Fsp3) is 0.357. The molecule has 0 saturated heterocycles. The molecule has 8 heteroatoms. The Morgan fingerprint density at radius 3 is 1.89 bits per heavy atom. The molecule has 0 spiro atoms. The summed E-state index contributed by atoms with van der Waals surface area (Å²) < 4.78 is 52.1. The minimum atomic E-state index is -3.72. The van der Waals surface area contributed by atoms with E-state index in [2.05, 4.69) is 5.32 Å². The molecule has 3 aromatic rings. The zero-order chi connectivity index (χ0) is 25.4. The van der Waals surface area contributed by atoms with Crippen LogP contribution in [0.25, 0.3) is 0 Å². The molecule has 36 heavy (non-hydrogen) atoms. The zero-order valence-corrected chi connectivity index (χ0v) is 22.3. The van der Waals surface area contributed by atoms with E-state index in [1.54, 1.807) is 24.3 Å². The molecule has 1 unspecified atom stereocenters. The number of para-hydroxylation sites is 2. The van der Waals surface area contributed by atoms with Gasteiger partial charge in [0.15, 0.2) is 9.84 Å². The lowest BCUT2D eigenvalue weighted by Gasteiger charge is -2.29. The molecule has 4 rings (SSSR count). The summed E-state index contributed by atoms with van der Waals surface area (Å²) in [6, 6.07) is 25.6. The minimum absolute atomic E-state index is 0.0205. The van der Waals surface area contributed by atoms with Crippen LogP contribution in [0.1, 0.15) is 50.2 Å². The van der Waals surface area contributed by atoms with Crippen LogP contribution < -0.4 is 14.4 Å². The molecule has 192 valence electrons. The molecule has 6 nitrogen and oxygen atoms in total. The van der Waals surface area contributed by atoms with E-state index in [4.69, 9.17) is 9.05 Å². The first-order valence-electron chi connectivity index (χ1n) is 12.5. The van der Waals surface area contributed by atoms with E-state index in [1.165, 1.54) is 0 Å². The molecule has 0 bridgehead atoms. The molecule has 1 N–H and O–H groups in total. The highest BCUT2D eigenvalue weighted by Crippen LogP contribution is 2.53. The van der Waals surface area contributed by atoms with Crippen molar-refractivity contribution in [3.8, 4) is 11.5 Å². The summed E-state index contributed by atoms with van der Waals surface area (Å²) in [7, 11) is -6.91. The Bertz CT molecular complexity index is 1220. The third-order valence-electron chi connectivity index (χ3n) is 6.46. The molecule has 1 saturated carbocycles. The van der Waals surface area contributed by atoms with Gasteiger partial charge in [-0.2, -0.15) is 0 Å². The highest BCUT2D eigenvalue weighted by atomic mass is 32.2. The highest BCUT2D eigenvalue weighted by Gasteiger charge is 2.39. The molecule has 1 fully saturated rings. The van der Waals surface area contributed by atoms with Gasteiger partial charge in [-0.05, 0) is 54.7 Å². The average molecular weight is 528 g/mol. The SMILES string of the molecule is CCCC(NCc1ccccc1CS(=O)(=O)C1CCC1)P(=O)(Oc1ccccc1)Oc1ccccc1. The van der Waals surface area contributed by atoms with Crippen LogP contribution in [-0.2, 0) is 26.7 Å². The number of hydrogen-bond acceptors (Lipinski definition) is 6. The predicted octanol–water partition coefficient (Wildman–Crippen LogP) is 6.72. The molecule has 1 aliphatic rings. The second-order valence-corrected chi connectivity index (χ2v) is 13.5. The van der Waals surface area contributed by atoms with Gasteiger partial charge in [0, 0.05) is 6.54 Å². The fourth-order valence-electron chi connectivity index (χ4n) is 4.21. The van der Waals surface area contributed by atoms with Crippen LogP contribution in [0.2, 0.25) is 0 Å². The van der Waals surface area contributed by atoms with Crippen LogP contribution in [-0.4, -0.2) is 19.5 Å². The van der Waals surface area contributed by atoms with Crippen LogP contribution in [0, 0.1) is 0 Å². The molecule has 1 aliphatic carbocycles. The van der Waals surface area contributed by atoms with Crippen molar-refractivity contribution in [2.45, 2.75) is 62.4 Å². The zero-order valence-electron chi connectivity index (χ0n) is 20.6. The topological polar surface area (TPSA) is 81.7 Å². The van der Waals surface area contributed by atoms with Gasteiger partial charge in [-0.25, -0.2) is 13.0 Å². The van der Waals surface area contributed by atoms with Crippen molar-refractivity contribution < 1.29 is 22.0 Å². The van der Waals surface area contributed by atoms with Crippen molar-refractivity contribution in [2.75, 3.05) is 0 Å². The van der Waals surface area contributed by atoms with Gasteiger partial charge in [0.2, 0.25) is 0 Å². The Kier molecular flexibility index (Phi) is 8.89. The maximum absolute atomic E-state index is 14.3. The molecular formula is C28H34NO5PS. The van der Waals surface area contributed by atoms with E-state index in [0.717, 1.165) is 36.8 Å². The van der Waals surface area contributed by atoms with E-state index < -0.39 is 23.2 Å². The molecule has 0 heterocycles. The Hall–Kier alpha value is -2.60. The Morgan fingerprint density at radius 1 is 0.861 bits per heavy atom. The summed E-state index contributed by atoms with van der Waals surface area (Å²) in [6.07, 6.45) is 3.79. The van der Waals surface area contributed by atoms with Crippen LogP contribution in [0.3, 0.4) is 0 Å². The summed E-state index contributed by atoms with van der Waals surface area (Å²) >= 11 is 0. The van der Waals surface area contributed by atoms with Crippen molar-refractivity contribution in [3.05, 3.63) is 96.1 Å². The summed E-state index contributed by atoms with van der Waals surface area (Å²) in [4.78, 5) is 0. The van der Waals surface area contributed by atoms with Crippen molar-refractivity contribution >= 4 is 17.4 Å². The van der Waals surface area contributed by atoms with Gasteiger partial charge >= 0.3 is 7.60 Å². The number of benzene rings is 3. The van der Waals surface area contributed by atoms with Crippen LogP contribution >= 0.6 is 7.60 Å². The van der Waals surface area contributed by atoms with Crippen LogP contribution in [0.4, 0.5) is 0 Å². The van der Waals surface area contributed by atoms with E-state index in [0.29, 0.717) is 24.5 Å². The smallest absolute Gasteiger partial charge is 0.415 e. The first-order chi connectivity index (χ1) is 17.4. The van der Waals surface area contributed by atoms with Gasteiger partial charge in [0.1, 0.15) is 17.3 Å². The van der Waals surface area contributed by atoms with E-state index in [9.17, 15) is 13.0 Å². The summed E-state index contributed by atoms with van der Waals surface area (Å²) in [6.45, 7) is 2.37. The second kappa shape index (κ2) is 12.1. The summed E-state index contributed by atoms with van der Waals surface area (Å²) in [5, 5.41) is 3.16. The van der Waals surface area contributed by atoms with Crippen molar-refractivity contribution in [1.82, 2.24) is 5.32 Å². The van der Waals surface area contributed by atoms with Crippen molar-refractivity contribution in [2.24, 2.45) is 0 Å². The Morgan fingerprint density at radius 2 is 1.39 bits per heavy atom. The monoisotopic (exact) mass is 527 g/mol. The van der Waals surface area contributed by atoms with Crippen LogP contribution in [0.5, 0.6) is 11.5 Å². The molecule has 0 amide bonds. The normalized spacial score (nSPS) is 15.1. The highest BCUT2D eigenvalue weighted by molar-refractivity contribution is 7.91. The molecule has 0 aromatic heterocycles. The van der Waals surface area contributed by atoms with Gasteiger partial charge in [0.25, 0.3) is 0 Å². The third-order valence-corrected chi connectivity index (χ3v) is 10.8.